The van der Waals surface area contributed by atoms with Crippen molar-refractivity contribution in [2.24, 2.45) is 0 Å². The Morgan fingerprint density at radius 2 is 2.31 bits per heavy atom. The van der Waals surface area contributed by atoms with E-state index in [9.17, 15) is 9.50 Å². The Morgan fingerprint density at radius 1 is 1.56 bits per heavy atom. The van der Waals surface area contributed by atoms with Gasteiger partial charge in [0.05, 0.1) is 17.4 Å². The summed E-state index contributed by atoms with van der Waals surface area (Å²) in [5.41, 5.74) is 0.808. The molecule has 0 amide bonds. The molecule has 86 valence electrons. The van der Waals surface area contributed by atoms with E-state index in [4.69, 9.17) is 5.26 Å². The third-order valence-corrected chi connectivity index (χ3v) is 2.25. The number of nitriles is 1. The fourth-order valence-electron chi connectivity index (χ4n) is 1.43. The molecule has 3 nitrogen and oxygen atoms in total. The van der Waals surface area contributed by atoms with E-state index < -0.39 is 11.9 Å². The van der Waals surface area contributed by atoms with Crippen LogP contribution in [0.1, 0.15) is 25.3 Å². The number of hydrogen-bond acceptors (Lipinski definition) is 3. The van der Waals surface area contributed by atoms with Gasteiger partial charge in [-0.25, -0.2) is 4.39 Å². The number of halogens is 1. The molecular weight excluding hydrogens is 207 g/mol. The van der Waals surface area contributed by atoms with E-state index >= 15 is 0 Å². The topological polar surface area (TPSA) is 56.0 Å². The molecule has 4 heteroatoms. The summed E-state index contributed by atoms with van der Waals surface area (Å²) in [5, 5.41) is 21.2. The Kier molecular flexibility index (Phi) is 4.74. The SMILES string of the molecule is CCCC(O)CNc1ccc(F)cc1C#N. The second-order valence-corrected chi connectivity index (χ2v) is 3.63. The van der Waals surface area contributed by atoms with Crippen LogP contribution >= 0.6 is 0 Å². The third kappa shape index (κ3) is 3.52. The molecule has 0 heterocycles. The van der Waals surface area contributed by atoms with Gasteiger partial charge in [0.25, 0.3) is 0 Å². The van der Waals surface area contributed by atoms with E-state index in [0.717, 1.165) is 6.42 Å². The van der Waals surface area contributed by atoms with E-state index in [1.165, 1.54) is 18.2 Å². The highest BCUT2D eigenvalue weighted by Gasteiger charge is 2.06. The first-order valence-electron chi connectivity index (χ1n) is 5.29. The maximum atomic E-state index is 12.8. The van der Waals surface area contributed by atoms with E-state index in [0.29, 0.717) is 18.7 Å². The molecule has 1 atom stereocenters. The molecular formula is C12H15FN2O. The average molecular weight is 222 g/mol. The molecule has 0 saturated heterocycles. The minimum Gasteiger partial charge on any atom is -0.391 e. The van der Waals surface area contributed by atoms with Crippen molar-refractivity contribution in [1.82, 2.24) is 0 Å². The summed E-state index contributed by atoms with van der Waals surface area (Å²) >= 11 is 0. The molecule has 0 saturated carbocycles. The van der Waals surface area contributed by atoms with Crippen LogP contribution in [0, 0.1) is 17.1 Å². The number of nitrogens with zero attached hydrogens (tertiary/aromatic N) is 1. The summed E-state index contributed by atoms with van der Waals surface area (Å²) in [6.45, 7) is 2.36. The van der Waals surface area contributed by atoms with Crippen molar-refractivity contribution in [3.8, 4) is 6.07 Å². The van der Waals surface area contributed by atoms with Gasteiger partial charge in [0.1, 0.15) is 11.9 Å². The first-order chi connectivity index (χ1) is 7.67. The van der Waals surface area contributed by atoms with Gasteiger partial charge in [0, 0.05) is 6.54 Å². The Hall–Kier alpha value is -1.60. The normalized spacial score (nSPS) is 11.9. The lowest BCUT2D eigenvalue weighted by molar-refractivity contribution is 0.176. The van der Waals surface area contributed by atoms with Crippen molar-refractivity contribution in [3.05, 3.63) is 29.6 Å². The van der Waals surface area contributed by atoms with E-state index in [1.54, 1.807) is 0 Å². The summed E-state index contributed by atoms with van der Waals surface area (Å²) in [7, 11) is 0. The van der Waals surface area contributed by atoms with Crippen molar-refractivity contribution in [1.29, 1.82) is 5.26 Å². The standard InChI is InChI=1S/C12H15FN2O/c1-2-3-11(16)8-15-12-5-4-10(13)6-9(12)7-14/h4-6,11,15-16H,2-3,8H2,1H3. The predicted molar refractivity (Wildman–Crippen MR) is 60.5 cm³/mol. The van der Waals surface area contributed by atoms with Gasteiger partial charge < -0.3 is 10.4 Å². The van der Waals surface area contributed by atoms with Crippen molar-refractivity contribution < 1.29 is 9.50 Å². The molecule has 0 radical (unpaired) electrons. The molecule has 0 aromatic heterocycles. The summed E-state index contributed by atoms with van der Waals surface area (Å²) < 4.78 is 12.8. The monoisotopic (exact) mass is 222 g/mol. The molecule has 0 aliphatic carbocycles. The van der Waals surface area contributed by atoms with Gasteiger partial charge in [-0.3, -0.25) is 0 Å². The first-order valence-corrected chi connectivity index (χ1v) is 5.29. The Morgan fingerprint density at radius 3 is 2.94 bits per heavy atom. The zero-order chi connectivity index (χ0) is 12.0. The van der Waals surface area contributed by atoms with Gasteiger partial charge in [0.2, 0.25) is 0 Å². The molecule has 0 bridgehead atoms. The molecule has 0 aliphatic heterocycles. The van der Waals surface area contributed by atoms with Crippen molar-refractivity contribution in [2.45, 2.75) is 25.9 Å². The second-order valence-electron chi connectivity index (χ2n) is 3.63. The lowest BCUT2D eigenvalue weighted by Crippen LogP contribution is -2.19. The zero-order valence-electron chi connectivity index (χ0n) is 9.20. The summed E-state index contributed by atoms with van der Waals surface area (Å²) in [4.78, 5) is 0. The van der Waals surface area contributed by atoms with Gasteiger partial charge in [0.15, 0.2) is 0 Å². The molecule has 1 aromatic rings. The molecule has 1 unspecified atom stereocenters. The smallest absolute Gasteiger partial charge is 0.124 e. The molecule has 2 N–H and O–H groups in total. The van der Waals surface area contributed by atoms with Crippen LogP contribution in [-0.4, -0.2) is 17.8 Å². The van der Waals surface area contributed by atoms with E-state index in [1.807, 2.05) is 13.0 Å². The van der Waals surface area contributed by atoms with Crippen molar-refractivity contribution >= 4 is 5.69 Å². The molecule has 0 spiro atoms. The van der Waals surface area contributed by atoms with Crippen LogP contribution < -0.4 is 5.32 Å². The zero-order valence-corrected chi connectivity index (χ0v) is 9.20. The van der Waals surface area contributed by atoms with E-state index in [2.05, 4.69) is 5.32 Å². The summed E-state index contributed by atoms with van der Waals surface area (Å²) in [6, 6.07) is 5.88. The highest BCUT2D eigenvalue weighted by atomic mass is 19.1. The molecule has 1 aromatic carbocycles. The number of aliphatic hydroxyl groups excluding tert-OH is 1. The van der Waals surface area contributed by atoms with E-state index in [-0.39, 0.29) is 5.56 Å². The first kappa shape index (κ1) is 12.5. The van der Waals surface area contributed by atoms with Crippen LogP contribution in [0.25, 0.3) is 0 Å². The molecule has 0 aliphatic rings. The van der Waals surface area contributed by atoms with Crippen LogP contribution in [0.2, 0.25) is 0 Å². The van der Waals surface area contributed by atoms with Gasteiger partial charge in [-0.2, -0.15) is 5.26 Å². The van der Waals surface area contributed by atoms with Crippen LogP contribution in [0.15, 0.2) is 18.2 Å². The quantitative estimate of drug-likeness (QED) is 0.803. The predicted octanol–water partition coefficient (Wildman–Crippen LogP) is 2.27. The van der Waals surface area contributed by atoms with Gasteiger partial charge in [-0.1, -0.05) is 13.3 Å². The highest BCUT2D eigenvalue weighted by Crippen LogP contribution is 2.16. The Balaban J connectivity index is 2.64. The number of nitrogens with one attached hydrogen (secondary N) is 1. The number of hydrogen-bond donors (Lipinski definition) is 2. The molecule has 16 heavy (non-hydrogen) atoms. The lowest BCUT2D eigenvalue weighted by atomic mass is 10.1. The fourth-order valence-corrected chi connectivity index (χ4v) is 1.43. The average Bonchev–Trinajstić information content (AvgIpc) is 2.27. The van der Waals surface area contributed by atoms with Crippen molar-refractivity contribution in [3.63, 3.8) is 0 Å². The largest absolute Gasteiger partial charge is 0.391 e. The molecule has 0 fully saturated rings. The van der Waals surface area contributed by atoms with Crippen LogP contribution in [0.3, 0.4) is 0 Å². The van der Waals surface area contributed by atoms with Crippen LogP contribution in [-0.2, 0) is 0 Å². The number of rotatable bonds is 5. The second kappa shape index (κ2) is 6.09. The van der Waals surface area contributed by atoms with Gasteiger partial charge >= 0.3 is 0 Å². The maximum absolute atomic E-state index is 12.8. The fraction of sp³-hybridized carbons (Fsp3) is 0.417. The highest BCUT2D eigenvalue weighted by molar-refractivity contribution is 5.57. The number of anilines is 1. The van der Waals surface area contributed by atoms with Crippen LogP contribution in [0.4, 0.5) is 10.1 Å². The summed E-state index contributed by atoms with van der Waals surface area (Å²) in [6.07, 6.45) is 1.16. The Bertz CT molecular complexity index is 387. The summed E-state index contributed by atoms with van der Waals surface area (Å²) in [5.74, 6) is -0.434. The Labute approximate surface area is 94.5 Å². The maximum Gasteiger partial charge on any atom is 0.124 e. The number of benzene rings is 1. The number of aliphatic hydroxyl groups is 1. The third-order valence-electron chi connectivity index (χ3n) is 2.25. The lowest BCUT2D eigenvalue weighted by Gasteiger charge is -2.12. The molecule has 1 rings (SSSR count). The van der Waals surface area contributed by atoms with Gasteiger partial charge in [-0.15, -0.1) is 0 Å². The van der Waals surface area contributed by atoms with Crippen molar-refractivity contribution in [2.75, 3.05) is 11.9 Å². The van der Waals surface area contributed by atoms with Crippen LogP contribution in [0.5, 0.6) is 0 Å². The van der Waals surface area contributed by atoms with Gasteiger partial charge in [-0.05, 0) is 24.6 Å². The minimum atomic E-state index is -0.443. The minimum absolute atomic E-state index is 0.253.